The predicted molar refractivity (Wildman–Crippen MR) is 213 cm³/mol. The van der Waals surface area contributed by atoms with E-state index in [1.807, 2.05) is 27.7 Å². The van der Waals surface area contributed by atoms with Crippen molar-refractivity contribution in [2.45, 2.75) is 147 Å². The average molecular weight is 841 g/mol. The summed E-state index contributed by atoms with van der Waals surface area (Å²) in [7, 11) is -4.92. The summed E-state index contributed by atoms with van der Waals surface area (Å²) >= 11 is 0. The van der Waals surface area contributed by atoms with Crippen LogP contribution in [0.5, 0.6) is 5.75 Å². The number of fused-ring (bicyclic) bond motifs is 7. The Morgan fingerprint density at radius 2 is 1.90 bits per heavy atom. The fourth-order valence-corrected chi connectivity index (χ4v) is 12.3. The first-order valence-electron chi connectivity index (χ1n) is 21.2. The van der Waals surface area contributed by atoms with Crippen LogP contribution in [0.3, 0.4) is 0 Å². The van der Waals surface area contributed by atoms with Gasteiger partial charge < -0.3 is 29.5 Å². The van der Waals surface area contributed by atoms with Gasteiger partial charge in [-0.1, -0.05) is 43.9 Å². The zero-order valence-electron chi connectivity index (χ0n) is 34.7. The maximum Gasteiger partial charge on any atom is 0.524 e. The van der Waals surface area contributed by atoms with Crippen molar-refractivity contribution in [2.75, 3.05) is 6.54 Å². The minimum atomic E-state index is -4.92. The number of aliphatic hydroxyl groups excluding tert-OH is 2. The van der Waals surface area contributed by atoms with Crippen LogP contribution >= 0.6 is 7.82 Å². The highest BCUT2D eigenvalue weighted by molar-refractivity contribution is 7.46. The van der Waals surface area contributed by atoms with Gasteiger partial charge in [0.05, 0.1) is 18.3 Å². The Kier molecular flexibility index (Phi) is 10.9. The molecule has 6 aliphatic rings. The molecule has 5 aliphatic carbocycles. The molecule has 2 aromatic rings. The van der Waals surface area contributed by atoms with Crippen LogP contribution < -0.4 is 14.4 Å². The van der Waals surface area contributed by atoms with Gasteiger partial charge in [0.15, 0.2) is 29.9 Å². The number of nitrogens with zero attached hydrogens (tertiary/aromatic N) is 2. The van der Waals surface area contributed by atoms with Crippen molar-refractivity contribution in [2.24, 2.45) is 28.6 Å². The van der Waals surface area contributed by atoms with Crippen molar-refractivity contribution in [3.8, 4) is 5.75 Å². The Hall–Kier alpha value is -3.07. The second kappa shape index (κ2) is 15.1. The summed E-state index contributed by atoms with van der Waals surface area (Å²) in [6.45, 7) is 9.96. The molecule has 1 unspecified atom stereocenters. The van der Waals surface area contributed by atoms with Gasteiger partial charge in [-0.05, 0) is 102 Å². The number of halogens is 1. The van der Waals surface area contributed by atoms with Crippen molar-refractivity contribution in [1.29, 1.82) is 0 Å². The average Bonchev–Trinajstić information content (AvgIpc) is 3.84. The van der Waals surface area contributed by atoms with Crippen LogP contribution in [0.2, 0.25) is 0 Å². The van der Waals surface area contributed by atoms with Crippen LogP contribution in [0, 0.1) is 28.6 Å². The highest BCUT2D eigenvalue weighted by Crippen LogP contribution is 2.72. The Labute approximate surface area is 345 Å². The minimum absolute atomic E-state index is 0.0141. The van der Waals surface area contributed by atoms with Crippen LogP contribution in [-0.4, -0.2) is 78.0 Å². The van der Waals surface area contributed by atoms with Crippen molar-refractivity contribution in [3.63, 3.8) is 0 Å². The number of alkyl halides is 1. The van der Waals surface area contributed by atoms with Gasteiger partial charge in [-0.15, -0.1) is 0 Å². The van der Waals surface area contributed by atoms with Crippen LogP contribution in [0.1, 0.15) is 110 Å². The number of aliphatic hydroxyl groups is 2. The number of benzene rings is 1. The van der Waals surface area contributed by atoms with Crippen LogP contribution in [-0.2, 0) is 36.7 Å². The van der Waals surface area contributed by atoms with Gasteiger partial charge in [0.25, 0.3) is 0 Å². The maximum atomic E-state index is 18.0. The van der Waals surface area contributed by atoms with Crippen molar-refractivity contribution >= 4 is 19.4 Å². The topological polar surface area (TPSA) is 181 Å². The SMILES string of the molecule is CC(C)(C)NCC(O)c1ccc(OP(=O)(O)O)c(C[n+]2ccn(CC(=O)[C@@]34O[C@H](C5CCCCC5)O[C@@H]3C[C@H]3[C@@H]5CCC6=CC(=O)C=C[C@]6(C)[C@@]5(F)[C@@H](O)C[C@@]34C)c2)c1. The predicted octanol–water partition coefficient (Wildman–Crippen LogP) is 5.33. The fourth-order valence-electron chi connectivity index (χ4n) is 11.9. The van der Waals surface area contributed by atoms with E-state index in [1.165, 1.54) is 18.2 Å². The van der Waals surface area contributed by atoms with Crippen molar-refractivity contribution in [3.05, 3.63) is 71.8 Å². The second-order valence-electron chi connectivity index (χ2n) is 19.5. The lowest BCUT2D eigenvalue weighted by molar-refractivity contribution is -0.687. The molecule has 0 amide bonds. The maximum absolute atomic E-state index is 18.0. The number of hydrogen-bond donors (Lipinski definition) is 5. The highest BCUT2D eigenvalue weighted by atomic mass is 31.2. The van der Waals surface area contributed by atoms with Gasteiger partial charge in [-0.3, -0.25) is 19.4 Å². The van der Waals surface area contributed by atoms with E-state index < -0.39 is 60.4 Å². The monoisotopic (exact) mass is 840 g/mol. The van der Waals surface area contributed by atoms with E-state index in [4.69, 9.17) is 14.0 Å². The fraction of sp³-hybridized carbons (Fsp3) is 0.659. The first-order chi connectivity index (χ1) is 27.7. The van der Waals surface area contributed by atoms with Gasteiger partial charge in [0.1, 0.15) is 24.7 Å². The standard InChI is InChI=1S/C44H59FN3O10P/c1-40(2,3)46-23-34(50)28-11-14-35(58-59(53,54)55)29(19-28)24-47-17-18-48(26-47)25-37(52)44-38(56-39(57-44)27-9-7-6-8-10-27)21-33-32-13-12-30-20-31(49)15-16-41(30,4)43(32,45)36(51)22-42(33,44)5/h11,14-20,26-27,32-34,36,38-39,46,50-51H,6-10,12-13,21-25H2,1-5H3,(H-,53,54,55)/p+1/t32-,33-,34?,36-,38+,39+,41-,42-,43-,44+/m0/s1. The summed E-state index contributed by atoms with van der Waals surface area (Å²) < 4.78 is 52.3. The van der Waals surface area contributed by atoms with Gasteiger partial charge in [0.2, 0.25) is 12.1 Å². The van der Waals surface area contributed by atoms with Crippen LogP contribution in [0.4, 0.5) is 4.39 Å². The summed E-state index contributed by atoms with van der Waals surface area (Å²) in [4.78, 5) is 46.9. The number of rotatable bonds is 11. The number of hydrogen-bond acceptors (Lipinski definition) is 9. The van der Waals surface area contributed by atoms with E-state index in [0.717, 1.165) is 32.1 Å². The second-order valence-corrected chi connectivity index (χ2v) is 20.7. The number of phosphoric ester groups is 1. The van der Waals surface area contributed by atoms with E-state index >= 15 is 9.18 Å². The molecular formula is C44H60FN3O10P+. The number of carbonyl (C=O) groups is 2. The molecule has 5 N–H and O–H groups in total. The van der Waals surface area contributed by atoms with Gasteiger partial charge >= 0.3 is 7.82 Å². The van der Waals surface area contributed by atoms with E-state index in [2.05, 4.69) is 5.32 Å². The number of phosphoric acid groups is 1. The molecule has 15 heteroatoms. The third-order valence-corrected chi connectivity index (χ3v) is 15.2. The lowest BCUT2D eigenvalue weighted by Gasteiger charge is -2.62. The van der Waals surface area contributed by atoms with E-state index in [0.29, 0.717) is 36.0 Å². The molecule has 1 aromatic carbocycles. The molecule has 0 radical (unpaired) electrons. The molecule has 13 nitrogen and oxygen atoms in total. The minimum Gasteiger partial charge on any atom is -0.404 e. The van der Waals surface area contributed by atoms with Crippen molar-refractivity contribution < 1.29 is 57.1 Å². The lowest BCUT2D eigenvalue weighted by atomic mass is 9.44. The Balaban J connectivity index is 1.09. The zero-order chi connectivity index (χ0) is 42.3. The molecule has 10 atom stereocenters. The molecule has 0 bridgehead atoms. The largest absolute Gasteiger partial charge is 0.524 e. The Morgan fingerprint density at radius 1 is 1.15 bits per heavy atom. The summed E-state index contributed by atoms with van der Waals surface area (Å²) in [5.74, 6) is -1.27. The molecule has 59 heavy (non-hydrogen) atoms. The Morgan fingerprint density at radius 3 is 2.61 bits per heavy atom. The molecule has 8 rings (SSSR count). The van der Waals surface area contributed by atoms with Gasteiger partial charge in [0, 0.05) is 40.3 Å². The number of aromatic nitrogens is 2. The molecule has 4 saturated carbocycles. The van der Waals surface area contributed by atoms with Gasteiger partial charge in [-0.2, -0.15) is 0 Å². The normalized spacial score (nSPS) is 36.3. The van der Waals surface area contributed by atoms with E-state index in [9.17, 15) is 29.4 Å². The summed E-state index contributed by atoms with van der Waals surface area (Å²) in [5, 5.41) is 26.3. The lowest BCUT2D eigenvalue weighted by Crippen LogP contribution is -2.69. The summed E-state index contributed by atoms with van der Waals surface area (Å²) in [5.41, 5.74) is -4.26. The quantitative estimate of drug-likeness (QED) is 0.146. The zero-order valence-corrected chi connectivity index (χ0v) is 35.6. The Bertz CT molecular complexity index is 2090. The number of imidazole rings is 1. The first kappa shape index (κ1) is 42.6. The molecule has 1 aliphatic heterocycles. The molecule has 1 aromatic heterocycles. The molecule has 322 valence electrons. The molecule has 0 spiro atoms. The van der Waals surface area contributed by atoms with Crippen molar-refractivity contribution in [1.82, 2.24) is 9.88 Å². The van der Waals surface area contributed by atoms with E-state index in [-0.39, 0.29) is 60.7 Å². The highest BCUT2D eigenvalue weighted by Gasteiger charge is 2.79. The third-order valence-electron chi connectivity index (χ3n) is 14.8. The number of ether oxygens (including phenoxy) is 2. The number of carbonyl (C=O) groups excluding carboxylic acids is 2. The number of nitrogens with one attached hydrogen (secondary N) is 1. The summed E-state index contributed by atoms with van der Waals surface area (Å²) in [6, 6.07) is 4.65. The third kappa shape index (κ3) is 7.33. The number of allylic oxidation sites excluding steroid dienone is 4. The first-order valence-corrected chi connectivity index (χ1v) is 22.7. The summed E-state index contributed by atoms with van der Waals surface area (Å²) in [6.07, 6.45) is 12.6. The van der Waals surface area contributed by atoms with Crippen LogP contribution in [0.25, 0.3) is 0 Å². The smallest absolute Gasteiger partial charge is 0.404 e. The number of Topliss-reactive ketones (excluding diaryl/α,β-unsaturated/α-hetero) is 1. The van der Waals surface area contributed by atoms with Crippen LogP contribution in [0.15, 0.2) is 60.7 Å². The molecule has 5 fully saturated rings. The molecule has 2 heterocycles. The number of ketones is 2. The van der Waals surface area contributed by atoms with Gasteiger partial charge in [-0.25, -0.2) is 18.1 Å². The number of β-amino-alcohol motifs (C(OH)–C–C–N with tert-alkyl or cyclic N) is 1. The molecule has 1 saturated heterocycles. The molecular weight excluding hydrogens is 780 g/mol. The van der Waals surface area contributed by atoms with E-state index in [1.54, 1.807) is 53.0 Å².